The molecule has 0 bridgehead atoms. The van der Waals surface area contributed by atoms with E-state index < -0.39 is 6.43 Å². The molecule has 14 heavy (non-hydrogen) atoms. The third-order valence-electron chi connectivity index (χ3n) is 1.93. The van der Waals surface area contributed by atoms with Crippen LogP contribution in [0.25, 0.3) is 0 Å². The van der Waals surface area contributed by atoms with E-state index in [2.05, 4.69) is 0 Å². The Hall–Kier alpha value is -0.670. The van der Waals surface area contributed by atoms with E-state index in [0.717, 1.165) is 5.56 Å². The maximum absolute atomic E-state index is 12.2. The molecular formula is C10H12ClF2N. The van der Waals surface area contributed by atoms with Gasteiger partial charge in [0.25, 0.3) is 6.43 Å². The third kappa shape index (κ3) is 3.24. The van der Waals surface area contributed by atoms with Gasteiger partial charge in [0.05, 0.1) is 0 Å². The zero-order chi connectivity index (χ0) is 10.6. The minimum absolute atomic E-state index is 0.0354. The maximum atomic E-state index is 12.2. The van der Waals surface area contributed by atoms with Gasteiger partial charge in [-0.1, -0.05) is 24.3 Å². The average molecular weight is 220 g/mol. The van der Waals surface area contributed by atoms with Crippen molar-refractivity contribution in [2.45, 2.75) is 18.9 Å². The molecule has 0 saturated heterocycles. The van der Waals surface area contributed by atoms with Crippen LogP contribution in [0.1, 0.15) is 17.6 Å². The van der Waals surface area contributed by atoms with Crippen LogP contribution in [-0.2, 0) is 6.42 Å². The van der Waals surface area contributed by atoms with E-state index in [4.69, 9.17) is 17.3 Å². The molecule has 0 aliphatic rings. The molecule has 1 rings (SSSR count). The summed E-state index contributed by atoms with van der Waals surface area (Å²) >= 11 is 5.54. The van der Waals surface area contributed by atoms with Gasteiger partial charge in [-0.05, 0) is 12.0 Å². The normalized spacial score (nSPS) is 13.2. The van der Waals surface area contributed by atoms with Crippen molar-refractivity contribution in [1.29, 1.82) is 0 Å². The summed E-state index contributed by atoms with van der Waals surface area (Å²) < 4.78 is 24.4. The third-order valence-corrected chi connectivity index (χ3v) is 2.32. The molecule has 2 N–H and O–H groups in total. The van der Waals surface area contributed by atoms with E-state index in [9.17, 15) is 8.78 Å². The summed E-state index contributed by atoms with van der Waals surface area (Å²) in [5, 5.41) is 0. The largest absolute Gasteiger partial charge is 0.326 e. The fourth-order valence-corrected chi connectivity index (χ4v) is 1.27. The van der Waals surface area contributed by atoms with Crippen LogP contribution >= 0.6 is 11.6 Å². The van der Waals surface area contributed by atoms with Gasteiger partial charge in [-0.25, -0.2) is 8.78 Å². The van der Waals surface area contributed by atoms with Crippen molar-refractivity contribution in [2.75, 3.05) is 5.88 Å². The molecule has 1 nitrogen and oxygen atoms in total. The number of hydrogen-bond donors (Lipinski definition) is 1. The van der Waals surface area contributed by atoms with Crippen LogP contribution in [-0.4, -0.2) is 11.9 Å². The summed E-state index contributed by atoms with van der Waals surface area (Å²) in [5.74, 6) is 0.372. The number of rotatable bonds is 4. The first kappa shape index (κ1) is 11.4. The summed E-state index contributed by atoms with van der Waals surface area (Å²) in [4.78, 5) is 0. The van der Waals surface area contributed by atoms with Gasteiger partial charge in [-0.3, -0.25) is 0 Å². The predicted octanol–water partition coefficient (Wildman–Crippen LogP) is 2.73. The standard InChI is InChI=1S/C10H12ClF2N/c11-6-9(14)5-7-1-3-8(4-2-7)10(12)13/h1-4,9-10H,5-6,14H2. The van der Waals surface area contributed by atoms with E-state index in [1.807, 2.05) is 0 Å². The molecule has 0 fully saturated rings. The topological polar surface area (TPSA) is 26.0 Å². The summed E-state index contributed by atoms with van der Waals surface area (Å²) in [7, 11) is 0. The number of hydrogen-bond acceptors (Lipinski definition) is 1. The Labute approximate surface area is 86.9 Å². The van der Waals surface area contributed by atoms with Gasteiger partial charge in [0.2, 0.25) is 0 Å². The van der Waals surface area contributed by atoms with Crippen LogP contribution in [0, 0.1) is 0 Å². The van der Waals surface area contributed by atoms with Gasteiger partial charge in [0.15, 0.2) is 0 Å². The van der Waals surface area contributed by atoms with Crippen molar-refractivity contribution >= 4 is 11.6 Å². The molecule has 0 radical (unpaired) electrons. The lowest BCUT2D eigenvalue weighted by atomic mass is 10.1. The highest BCUT2D eigenvalue weighted by Gasteiger charge is 2.07. The first-order chi connectivity index (χ1) is 6.63. The molecular weight excluding hydrogens is 208 g/mol. The zero-order valence-electron chi connectivity index (χ0n) is 7.59. The van der Waals surface area contributed by atoms with Gasteiger partial charge >= 0.3 is 0 Å². The van der Waals surface area contributed by atoms with Crippen molar-refractivity contribution in [2.24, 2.45) is 5.73 Å². The maximum Gasteiger partial charge on any atom is 0.263 e. The van der Waals surface area contributed by atoms with Crippen LogP contribution in [0.4, 0.5) is 8.78 Å². The molecule has 1 unspecified atom stereocenters. The van der Waals surface area contributed by atoms with E-state index in [-0.39, 0.29) is 11.6 Å². The fraction of sp³-hybridized carbons (Fsp3) is 0.400. The molecule has 0 spiro atoms. The summed E-state index contributed by atoms with van der Waals surface area (Å²) in [6.07, 6.45) is -1.79. The molecule has 1 aromatic carbocycles. The zero-order valence-corrected chi connectivity index (χ0v) is 8.35. The van der Waals surface area contributed by atoms with Gasteiger partial charge in [-0.15, -0.1) is 11.6 Å². The van der Waals surface area contributed by atoms with Crippen molar-refractivity contribution < 1.29 is 8.78 Å². The number of halogens is 3. The first-order valence-corrected chi connectivity index (χ1v) is 4.85. The summed E-state index contributed by atoms with van der Waals surface area (Å²) in [6.45, 7) is 0. The molecule has 0 aliphatic heterocycles. The molecule has 4 heteroatoms. The highest BCUT2D eigenvalue weighted by atomic mass is 35.5. The number of nitrogens with two attached hydrogens (primary N) is 1. The highest BCUT2D eigenvalue weighted by molar-refractivity contribution is 6.18. The Kier molecular flexibility index (Phi) is 4.29. The monoisotopic (exact) mass is 219 g/mol. The Morgan fingerprint density at radius 2 is 1.79 bits per heavy atom. The lowest BCUT2D eigenvalue weighted by molar-refractivity contribution is 0.151. The van der Waals surface area contributed by atoms with E-state index in [0.29, 0.717) is 12.3 Å². The van der Waals surface area contributed by atoms with Crippen LogP contribution in [0.3, 0.4) is 0 Å². The molecule has 78 valence electrons. The van der Waals surface area contributed by atoms with E-state index in [1.165, 1.54) is 12.1 Å². The van der Waals surface area contributed by atoms with Crippen LogP contribution in [0.15, 0.2) is 24.3 Å². The molecule has 0 saturated carbocycles. The fourth-order valence-electron chi connectivity index (χ4n) is 1.16. The Balaban J connectivity index is 2.64. The summed E-state index contributed by atoms with van der Waals surface area (Å²) in [6, 6.07) is 6.04. The highest BCUT2D eigenvalue weighted by Crippen LogP contribution is 2.18. The second-order valence-corrected chi connectivity index (χ2v) is 3.47. The second kappa shape index (κ2) is 5.27. The Morgan fingerprint density at radius 1 is 1.21 bits per heavy atom. The number of benzene rings is 1. The molecule has 0 heterocycles. The quantitative estimate of drug-likeness (QED) is 0.775. The molecule has 1 atom stereocenters. The Morgan fingerprint density at radius 3 is 2.21 bits per heavy atom. The Bertz CT molecular complexity index is 274. The van der Waals surface area contributed by atoms with Crippen molar-refractivity contribution in [3.05, 3.63) is 35.4 Å². The van der Waals surface area contributed by atoms with E-state index in [1.54, 1.807) is 12.1 Å². The second-order valence-electron chi connectivity index (χ2n) is 3.16. The van der Waals surface area contributed by atoms with Crippen molar-refractivity contribution in [3.63, 3.8) is 0 Å². The molecule has 0 amide bonds. The van der Waals surface area contributed by atoms with Crippen molar-refractivity contribution in [3.8, 4) is 0 Å². The van der Waals surface area contributed by atoms with Crippen LogP contribution in [0.5, 0.6) is 0 Å². The van der Waals surface area contributed by atoms with E-state index >= 15 is 0 Å². The van der Waals surface area contributed by atoms with Gasteiger partial charge in [0, 0.05) is 17.5 Å². The first-order valence-electron chi connectivity index (χ1n) is 4.32. The summed E-state index contributed by atoms with van der Waals surface area (Å²) in [5.41, 5.74) is 6.59. The van der Waals surface area contributed by atoms with Crippen molar-refractivity contribution in [1.82, 2.24) is 0 Å². The number of alkyl halides is 3. The molecule has 0 aliphatic carbocycles. The van der Waals surface area contributed by atoms with Gasteiger partial charge in [-0.2, -0.15) is 0 Å². The lowest BCUT2D eigenvalue weighted by Gasteiger charge is -2.08. The SMILES string of the molecule is NC(CCl)Cc1ccc(C(F)F)cc1. The van der Waals surface area contributed by atoms with Crippen LogP contribution in [0.2, 0.25) is 0 Å². The van der Waals surface area contributed by atoms with Crippen LogP contribution < -0.4 is 5.73 Å². The minimum Gasteiger partial charge on any atom is -0.326 e. The van der Waals surface area contributed by atoms with Gasteiger partial charge in [0.1, 0.15) is 0 Å². The predicted molar refractivity (Wildman–Crippen MR) is 53.8 cm³/mol. The van der Waals surface area contributed by atoms with Gasteiger partial charge < -0.3 is 5.73 Å². The average Bonchev–Trinajstić information content (AvgIpc) is 2.18. The molecule has 1 aromatic rings. The smallest absolute Gasteiger partial charge is 0.263 e. The lowest BCUT2D eigenvalue weighted by Crippen LogP contribution is -2.24. The molecule has 0 aromatic heterocycles. The minimum atomic E-state index is -2.41.